The third-order valence-electron chi connectivity index (χ3n) is 8.25. The summed E-state index contributed by atoms with van der Waals surface area (Å²) in [7, 11) is 0. The Morgan fingerprint density at radius 2 is 1.87 bits per heavy atom. The number of fused-ring (bicyclic) bond motifs is 1. The largest absolute Gasteiger partial charge is 0.344 e. The number of imidazole rings is 1. The molecule has 0 spiro atoms. The third-order valence-corrected chi connectivity index (χ3v) is 8.25. The molecule has 2 aromatic rings. The summed E-state index contributed by atoms with van der Waals surface area (Å²) < 4.78 is 41.5. The van der Waals surface area contributed by atoms with Gasteiger partial charge in [0.2, 0.25) is 23.6 Å². The van der Waals surface area contributed by atoms with E-state index in [1.165, 1.54) is 6.07 Å². The molecule has 0 bridgehead atoms. The molecule has 2 aliphatic carbocycles. The van der Waals surface area contributed by atoms with Crippen LogP contribution in [0.15, 0.2) is 18.2 Å². The van der Waals surface area contributed by atoms with Gasteiger partial charge in [0.1, 0.15) is 17.4 Å². The highest BCUT2D eigenvalue weighted by Crippen LogP contribution is 2.45. The highest BCUT2D eigenvalue weighted by atomic mass is 19.3. The molecule has 2 atom stereocenters. The molecule has 206 valence electrons. The molecule has 2 heterocycles. The Kier molecular flexibility index (Phi) is 7.13. The van der Waals surface area contributed by atoms with Crippen LogP contribution in [0.1, 0.15) is 77.0 Å². The maximum absolute atomic E-state index is 14.2. The third kappa shape index (κ3) is 5.51. The number of hydrogen-bond donors (Lipinski definition) is 3. The number of hydrogen-bond acceptors (Lipinski definition) is 4. The number of nitrogens with one attached hydrogen (secondary N) is 3. The van der Waals surface area contributed by atoms with Gasteiger partial charge in [0.25, 0.3) is 0 Å². The molecule has 3 amide bonds. The maximum atomic E-state index is 14.2. The molecule has 0 radical (unpaired) electrons. The van der Waals surface area contributed by atoms with E-state index in [-0.39, 0.29) is 49.6 Å². The number of para-hydroxylation sites is 1. The summed E-state index contributed by atoms with van der Waals surface area (Å²) in [5.41, 5.74) is -0.162. The van der Waals surface area contributed by atoms with Crippen molar-refractivity contribution in [1.82, 2.24) is 25.5 Å². The number of halogens is 3. The molecule has 3 N–H and O–H groups in total. The summed E-state index contributed by atoms with van der Waals surface area (Å²) in [6, 6.07) is 3.45. The van der Waals surface area contributed by atoms with E-state index in [9.17, 15) is 27.6 Å². The molecule has 0 unspecified atom stereocenters. The standard InChI is InChI=1S/C27H34F3N5O3/c1-16-5-2-3-14-35(16)21(36)15-20(31-23(37)17-8-10-27(29,30)11-9-17)24(38)34-26(12-13-26)25-32-19-7-4-6-18(28)22(19)33-25/h4,6-7,16-17,20H,2-3,5,8-15H2,1H3,(H,31,37)(H,32,33)(H,34,38)/t16-,20-/m1/s1. The second kappa shape index (κ2) is 10.2. The van der Waals surface area contributed by atoms with E-state index in [2.05, 4.69) is 20.6 Å². The van der Waals surface area contributed by atoms with Crippen LogP contribution in [0, 0.1) is 11.7 Å². The molecule has 11 heteroatoms. The fraction of sp³-hybridized carbons (Fsp3) is 0.630. The number of carbonyl (C=O) groups excluding carboxylic acids is 3. The number of aromatic nitrogens is 2. The van der Waals surface area contributed by atoms with E-state index in [1.807, 2.05) is 6.92 Å². The number of carbonyl (C=O) groups is 3. The monoisotopic (exact) mass is 533 g/mol. The van der Waals surface area contributed by atoms with Crippen molar-refractivity contribution < 1.29 is 27.6 Å². The van der Waals surface area contributed by atoms with E-state index in [4.69, 9.17) is 0 Å². The zero-order valence-corrected chi connectivity index (χ0v) is 21.5. The number of benzene rings is 1. The van der Waals surface area contributed by atoms with Crippen LogP contribution < -0.4 is 10.6 Å². The SMILES string of the molecule is C[C@@H]1CCCCN1C(=O)C[C@@H](NC(=O)C1CCC(F)(F)CC1)C(=O)NC1(c2nc3c(F)cccc3[nH]2)CC1. The Morgan fingerprint density at radius 3 is 2.53 bits per heavy atom. The van der Waals surface area contributed by atoms with Gasteiger partial charge in [-0.05, 0) is 64.0 Å². The van der Waals surface area contributed by atoms with Crippen LogP contribution in [-0.4, -0.2) is 57.1 Å². The Balaban J connectivity index is 1.32. The zero-order chi connectivity index (χ0) is 27.1. The molecule has 3 aliphatic rings. The first-order chi connectivity index (χ1) is 18.1. The first kappa shape index (κ1) is 26.5. The quantitative estimate of drug-likeness (QED) is 0.502. The summed E-state index contributed by atoms with van der Waals surface area (Å²) in [4.78, 5) is 49.0. The van der Waals surface area contributed by atoms with Crippen LogP contribution >= 0.6 is 0 Å². The van der Waals surface area contributed by atoms with E-state index >= 15 is 0 Å². The number of nitrogens with zero attached hydrogens (tertiary/aromatic N) is 2. The smallest absolute Gasteiger partial charge is 0.248 e. The molecule has 1 aromatic carbocycles. The number of aromatic amines is 1. The van der Waals surface area contributed by atoms with E-state index in [1.54, 1.807) is 17.0 Å². The number of alkyl halides is 2. The topological polar surface area (TPSA) is 107 Å². The van der Waals surface area contributed by atoms with Crippen LogP contribution in [0.2, 0.25) is 0 Å². The minimum absolute atomic E-state index is 0.0266. The van der Waals surface area contributed by atoms with Crippen LogP contribution in [-0.2, 0) is 19.9 Å². The number of piperidine rings is 1. The van der Waals surface area contributed by atoms with Gasteiger partial charge in [-0.15, -0.1) is 0 Å². The minimum Gasteiger partial charge on any atom is -0.344 e. The van der Waals surface area contributed by atoms with E-state index in [0.717, 1.165) is 19.3 Å². The molecule has 38 heavy (non-hydrogen) atoms. The number of likely N-dealkylation sites (tertiary alicyclic amines) is 1. The average Bonchev–Trinajstić information content (AvgIpc) is 3.51. The second-order valence-corrected chi connectivity index (χ2v) is 11.1. The number of rotatable bonds is 7. The van der Waals surface area contributed by atoms with Gasteiger partial charge < -0.3 is 20.5 Å². The van der Waals surface area contributed by atoms with E-state index < -0.39 is 41.1 Å². The highest BCUT2D eigenvalue weighted by Gasteiger charge is 2.50. The Morgan fingerprint density at radius 1 is 1.13 bits per heavy atom. The molecule has 1 saturated heterocycles. The predicted molar refractivity (Wildman–Crippen MR) is 134 cm³/mol. The summed E-state index contributed by atoms with van der Waals surface area (Å²) in [5, 5.41) is 5.65. The van der Waals surface area contributed by atoms with Crippen LogP contribution in [0.3, 0.4) is 0 Å². The van der Waals surface area contributed by atoms with Gasteiger partial charge in [-0.2, -0.15) is 0 Å². The summed E-state index contributed by atoms with van der Waals surface area (Å²) >= 11 is 0. The van der Waals surface area contributed by atoms with Crippen molar-refractivity contribution in [3.05, 3.63) is 29.8 Å². The minimum atomic E-state index is -2.78. The first-order valence-electron chi connectivity index (χ1n) is 13.5. The second-order valence-electron chi connectivity index (χ2n) is 11.1. The van der Waals surface area contributed by atoms with Crippen molar-refractivity contribution in [3.8, 4) is 0 Å². The molecule has 5 rings (SSSR count). The van der Waals surface area contributed by atoms with Gasteiger partial charge in [0.15, 0.2) is 5.82 Å². The number of H-pyrrole nitrogens is 1. The molecule has 1 aliphatic heterocycles. The lowest BCUT2D eigenvalue weighted by atomic mass is 9.86. The van der Waals surface area contributed by atoms with Crippen LogP contribution in [0.4, 0.5) is 13.2 Å². The first-order valence-corrected chi connectivity index (χ1v) is 13.5. The molecule has 8 nitrogen and oxygen atoms in total. The zero-order valence-electron chi connectivity index (χ0n) is 21.5. The van der Waals surface area contributed by atoms with Crippen molar-refractivity contribution in [2.45, 2.75) is 94.7 Å². The highest BCUT2D eigenvalue weighted by molar-refractivity contribution is 5.93. The van der Waals surface area contributed by atoms with Crippen molar-refractivity contribution in [2.24, 2.45) is 5.92 Å². The van der Waals surface area contributed by atoms with Crippen molar-refractivity contribution in [1.29, 1.82) is 0 Å². The van der Waals surface area contributed by atoms with Crippen LogP contribution in [0.25, 0.3) is 11.0 Å². The van der Waals surface area contributed by atoms with Gasteiger partial charge in [-0.3, -0.25) is 14.4 Å². The fourth-order valence-corrected chi connectivity index (χ4v) is 5.65. The lowest BCUT2D eigenvalue weighted by Gasteiger charge is -2.35. The molecule has 3 fully saturated rings. The van der Waals surface area contributed by atoms with Crippen molar-refractivity contribution in [3.63, 3.8) is 0 Å². The van der Waals surface area contributed by atoms with Gasteiger partial charge in [-0.1, -0.05) is 6.07 Å². The Bertz CT molecular complexity index is 1220. The molecule has 1 aromatic heterocycles. The molecular formula is C27H34F3N5O3. The van der Waals surface area contributed by atoms with Crippen molar-refractivity contribution >= 4 is 28.8 Å². The average molecular weight is 534 g/mol. The van der Waals surface area contributed by atoms with Crippen LogP contribution in [0.5, 0.6) is 0 Å². The maximum Gasteiger partial charge on any atom is 0.248 e. The van der Waals surface area contributed by atoms with Gasteiger partial charge in [0, 0.05) is 31.3 Å². The molecule has 2 saturated carbocycles. The summed E-state index contributed by atoms with van der Waals surface area (Å²) in [5.74, 6) is -4.74. The predicted octanol–water partition coefficient (Wildman–Crippen LogP) is 3.91. The van der Waals surface area contributed by atoms with E-state index in [0.29, 0.717) is 30.7 Å². The number of amides is 3. The Labute approximate surface area is 219 Å². The lowest BCUT2D eigenvalue weighted by Crippen LogP contribution is -2.54. The summed E-state index contributed by atoms with van der Waals surface area (Å²) in [6.07, 6.45) is 2.98. The molecular weight excluding hydrogens is 499 g/mol. The van der Waals surface area contributed by atoms with Gasteiger partial charge >= 0.3 is 0 Å². The van der Waals surface area contributed by atoms with Gasteiger partial charge in [0.05, 0.1) is 17.5 Å². The lowest BCUT2D eigenvalue weighted by molar-refractivity contribution is -0.140. The summed E-state index contributed by atoms with van der Waals surface area (Å²) in [6.45, 7) is 2.56. The van der Waals surface area contributed by atoms with Crippen molar-refractivity contribution in [2.75, 3.05) is 6.54 Å². The normalized spacial score (nSPS) is 23.6. The van der Waals surface area contributed by atoms with Gasteiger partial charge in [-0.25, -0.2) is 18.2 Å². The Hall–Kier alpha value is -3.11. The fourth-order valence-electron chi connectivity index (χ4n) is 5.65.